The van der Waals surface area contributed by atoms with Gasteiger partial charge in [0.05, 0.1) is 5.76 Å². The van der Waals surface area contributed by atoms with Crippen molar-refractivity contribution in [2.45, 2.75) is 84.6 Å². The normalized spacial score (nSPS) is 12.6. The molecule has 0 N–H and O–H groups in total. The molecule has 37 heavy (non-hydrogen) atoms. The van der Waals surface area contributed by atoms with E-state index in [1.807, 2.05) is 0 Å². The summed E-state index contributed by atoms with van der Waals surface area (Å²) in [4.78, 5) is 0. The Morgan fingerprint density at radius 2 is 1.46 bits per heavy atom. The van der Waals surface area contributed by atoms with Crippen LogP contribution in [0.4, 0.5) is 0 Å². The van der Waals surface area contributed by atoms with Crippen molar-refractivity contribution in [2.24, 2.45) is 0 Å². The van der Waals surface area contributed by atoms with Crippen LogP contribution in [-0.2, 0) is 10.8 Å². The Labute approximate surface area is 227 Å². The van der Waals surface area contributed by atoms with Gasteiger partial charge in [-0.15, -0.1) is 0 Å². The van der Waals surface area contributed by atoms with E-state index in [1.54, 1.807) is 0 Å². The predicted molar refractivity (Wildman–Crippen MR) is 164 cm³/mol. The third-order valence-electron chi connectivity index (χ3n) is 7.28. The molecule has 0 saturated carbocycles. The van der Waals surface area contributed by atoms with Gasteiger partial charge in [0.1, 0.15) is 0 Å². The summed E-state index contributed by atoms with van der Waals surface area (Å²) < 4.78 is 7.05. The van der Waals surface area contributed by atoms with Crippen molar-refractivity contribution in [2.75, 3.05) is 0 Å². The van der Waals surface area contributed by atoms with Crippen LogP contribution in [0, 0.1) is 0 Å². The van der Waals surface area contributed by atoms with E-state index in [-0.39, 0.29) is 5.04 Å². The summed E-state index contributed by atoms with van der Waals surface area (Å²) in [5.41, 5.74) is 4.32. The van der Waals surface area contributed by atoms with Crippen molar-refractivity contribution < 1.29 is 4.43 Å². The Morgan fingerprint density at radius 1 is 0.865 bits per heavy atom. The zero-order valence-electron chi connectivity index (χ0n) is 23.9. The lowest BCUT2D eigenvalue weighted by Crippen LogP contribution is -2.66. The van der Waals surface area contributed by atoms with Crippen molar-refractivity contribution in [3.63, 3.8) is 0 Å². The van der Waals surface area contributed by atoms with Crippen molar-refractivity contribution in [3.05, 3.63) is 120 Å². The average Bonchev–Trinajstić information content (AvgIpc) is 2.88. The average molecular weight is 511 g/mol. The Bertz CT molecular complexity index is 1110. The maximum Gasteiger partial charge on any atom is 0.319 e. The van der Waals surface area contributed by atoms with E-state index in [4.69, 9.17) is 4.43 Å². The molecule has 0 aliphatic rings. The Morgan fingerprint density at radius 3 is 2.00 bits per heavy atom. The fourth-order valence-electron chi connectivity index (χ4n) is 5.18. The minimum Gasteiger partial charge on any atom is -0.538 e. The minimum absolute atomic E-state index is 0.0403. The second kappa shape index (κ2) is 13.1. The highest BCUT2D eigenvalue weighted by Crippen LogP contribution is 2.38. The second-order valence-electron chi connectivity index (χ2n) is 11.6. The zero-order valence-corrected chi connectivity index (χ0v) is 24.9. The molecule has 196 valence electrons. The number of benzene rings is 3. The molecule has 0 bridgehead atoms. The van der Waals surface area contributed by atoms with E-state index in [0.29, 0.717) is 5.92 Å². The predicted octanol–water partition coefficient (Wildman–Crippen LogP) is 8.95. The molecule has 0 heterocycles. The van der Waals surface area contributed by atoms with Crippen LogP contribution < -0.4 is 10.4 Å². The summed E-state index contributed by atoms with van der Waals surface area (Å²) in [6.07, 6.45) is 7.62. The molecular formula is C35H46OSi. The summed E-state index contributed by atoms with van der Waals surface area (Å²) in [6, 6.07) is 30.7. The third kappa shape index (κ3) is 7.58. The van der Waals surface area contributed by atoms with Crippen LogP contribution in [0.3, 0.4) is 0 Å². The van der Waals surface area contributed by atoms with Gasteiger partial charge in [0, 0.05) is 6.42 Å². The SMILES string of the molecule is C=C(CCC/C(C)=C/CCc1cccc(C(C)C)c1)O[Si](c1ccccc1)(c1ccccc1)C(C)(C)C. The van der Waals surface area contributed by atoms with E-state index in [2.05, 4.69) is 139 Å². The number of hydrogen-bond donors (Lipinski definition) is 0. The lowest BCUT2D eigenvalue weighted by molar-refractivity contribution is 0.377. The van der Waals surface area contributed by atoms with Gasteiger partial charge in [-0.05, 0) is 65.1 Å². The molecule has 0 amide bonds. The van der Waals surface area contributed by atoms with Crippen LogP contribution in [0.5, 0.6) is 0 Å². The number of hydrogen-bond acceptors (Lipinski definition) is 1. The smallest absolute Gasteiger partial charge is 0.319 e. The van der Waals surface area contributed by atoms with Gasteiger partial charge >= 0.3 is 8.32 Å². The molecule has 1 nitrogen and oxygen atoms in total. The number of allylic oxidation sites excluding steroid dienone is 3. The Kier molecular flexibility index (Phi) is 10.2. The summed E-state index contributed by atoms with van der Waals surface area (Å²) >= 11 is 0. The first-order valence-electron chi connectivity index (χ1n) is 13.9. The second-order valence-corrected chi connectivity index (χ2v) is 15.9. The van der Waals surface area contributed by atoms with Gasteiger partial charge in [0.25, 0.3) is 0 Å². The molecule has 0 radical (unpaired) electrons. The quantitative estimate of drug-likeness (QED) is 0.134. The van der Waals surface area contributed by atoms with Crippen molar-refractivity contribution in [1.29, 1.82) is 0 Å². The van der Waals surface area contributed by atoms with Crippen LogP contribution >= 0.6 is 0 Å². The molecule has 3 aromatic carbocycles. The van der Waals surface area contributed by atoms with Crippen LogP contribution in [0.15, 0.2) is 109 Å². The molecule has 0 unspecified atom stereocenters. The van der Waals surface area contributed by atoms with Gasteiger partial charge in [-0.25, -0.2) is 0 Å². The fourth-order valence-corrected chi connectivity index (χ4v) is 9.64. The van der Waals surface area contributed by atoms with Gasteiger partial charge < -0.3 is 4.43 Å². The summed E-state index contributed by atoms with van der Waals surface area (Å²) in [5, 5.41) is 2.56. The van der Waals surface area contributed by atoms with Gasteiger partial charge in [-0.2, -0.15) is 0 Å². The van der Waals surface area contributed by atoms with Gasteiger partial charge in [0.2, 0.25) is 0 Å². The molecule has 0 spiro atoms. The monoisotopic (exact) mass is 510 g/mol. The van der Waals surface area contributed by atoms with Crippen molar-refractivity contribution in [3.8, 4) is 0 Å². The van der Waals surface area contributed by atoms with E-state index in [0.717, 1.165) is 37.9 Å². The molecule has 3 rings (SSSR count). The summed E-state index contributed by atoms with van der Waals surface area (Å²) in [5.74, 6) is 1.49. The molecule has 0 fully saturated rings. The molecule has 0 aromatic heterocycles. The highest BCUT2D eigenvalue weighted by molar-refractivity contribution is 6.99. The maximum atomic E-state index is 7.05. The lowest BCUT2D eigenvalue weighted by Gasteiger charge is -2.43. The molecule has 0 atom stereocenters. The molecule has 2 heteroatoms. The molecule has 0 saturated heterocycles. The standard InChI is InChI=1S/C35H46OSi/c1-28(2)32-22-16-21-31(27-32)20-15-18-29(3)17-14-19-30(4)36-37(35(5,6)7,33-23-10-8-11-24-33)34-25-12-9-13-26-34/h8-13,16,18,21-28H,4,14-15,17,19-20H2,1-3,5-7H3/b29-18+. The number of aryl methyl sites for hydroxylation is 1. The fraction of sp³-hybridized carbons (Fsp3) is 0.371. The highest BCUT2D eigenvalue weighted by Gasteiger charge is 2.52. The largest absolute Gasteiger partial charge is 0.538 e. The number of rotatable bonds is 12. The van der Waals surface area contributed by atoms with Crippen LogP contribution in [0.2, 0.25) is 5.04 Å². The van der Waals surface area contributed by atoms with E-state index >= 15 is 0 Å². The molecule has 3 aromatic rings. The molecular weight excluding hydrogens is 464 g/mol. The van der Waals surface area contributed by atoms with Crippen LogP contribution in [0.1, 0.15) is 84.3 Å². The first-order valence-corrected chi connectivity index (χ1v) is 15.8. The lowest BCUT2D eigenvalue weighted by atomic mass is 9.98. The highest BCUT2D eigenvalue weighted by atomic mass is 28.4. The van der Waals surface area contributed by atoms with Gasteiger partial charge in [-0.1, -0.05) is 138 Å². The Hall–Kier alpha value is -2.84. The maximum absolute atomic E-state index is 7.05. The zero-order chi connectivity index (χ0) is 26.9. The topological polar surface area (TPSA) is 9.23 Å². The van der Waals surface area contributed by atoms with Crippen LogP contribution in [0.25, 0.3) is 0 Å². The Balaban J connectivity index is 1.64. The third-order valence-corrected chi connectivity index (χ3v) is 12.3. The van der Waals surface area contributed by atoms with Gasteiger partial charge in [-0.3, -0.25) is 0 Å². The summed E-state index contributed by atoms with van der Waals surface area (Å²) in [6.45, 7) is 18.1. The van der Waals surface area contributed by atoms with Gasteiger partial charge in [0.15, 0.2) is 0 Å². The van der Waals surface area contributed by atoms with Crippen LogP contribution in [-0.4, -0.2) is 8.32 Å². The summed E-state index contributed by atoms with van der Waals surface area (Å²) in [7, 11) is -2.58. The molecule has 0 aliphatic carbocycles. The van der Waals surface area contributed by atoms with E-state index < -0.39 is 8.32 Å². The van der Waals surface area contributed by atoms with E-state index in [1.165, 1.54) is 27.1 Å². The first kappa shape index (κ1) is 28.7. The van der Waals surface area contributed by atoms with E-state index in [9.17, 15) is 0 Å². The van der Waals surface area contributed by atoms with Crippen molar-refractivity contribution >= 4 is 18.7 Å². The molecule has 0 aliphatic heterocycles. The first-order chi connectivity index (χ1) is 17.6. The minimum atomic E-state index is -2.58. The van der Waals surface area contributed by atoms with Crippen molar-refractivity contribution in [1.82, 2.24) is 0 Å².